The number of aromatic nitrogens is 1. The van der Waals surface area contributed by atoms with Crippen LogP contribution in [-0.2, 0) is 4.74 Å². The molecule has 118 valence electrons. The summed E-state index contributed by atoms with van der Waals surface area (Å²) in [5.74, 6) is 1.73. The van der Waals surface area contributed by atoms with Crippen molar-refractivity contribution in [2.75, 3.05) is 18.1 Å². The third-order valence-corrected chi connectivity index (χ3v) is 4.43. The van der Waals surface area contributed by atoms with Gasteiger partial charge in [-0.2, -0.15) is 11.8 Å². The zero-order chi connectivity index (χ0) is 16.0. The molecular formula is C16H25NO3S. The highest BCUT2D eigenvalue weighted by Crippen LogP contribution is 2.19. The van der Waals surface area contributed by atoms with E-state index in [-0.39, 0.29) is 17.6 Å². The van der Waals surface area contributed by atoms with Crippen LogP contribution in [0.2, 0.25) is 0 Å². The third kappa shape index (κ3) is 4.37. The van der Waals surface area contributed by atoms with Gasteiger partial charge in [0.25, 0.3) is 5.56 Å². The van der Waals surface area contributed by atoms with E-state index in [0.29, 0.717) is 23.4 Å². The van der Waals surface area contributed by atoms with Crippen molar-refractivity contribution in [3.8, 4) is 0 Å². The van der Waals surface area contributed by atoms with Crippen molar-refractivity contribution in [2.24, 2.45) is 0 Å². The Hall–Kier alpha value is -1.23. The van der Waals surface area contributed by atoms with E-state index >= 15 is 0 Å². The van der Waals surface area contributed by atoms with E-state index in [9.17, 15) is 9.59 Å². The summed E-state index contributed by atoms with van der Waals surface area (Å²) in [4.78, 5) is 24.4. The summed E-state index contributed by atoms with van der Waals surface area (Å²) in [5.41, 5.74) is 1.85. The van der Waals surface area contributed by atoms with E-state index in [1.165, 1.54) is 6.07 Å². The topological polar surface area (TPSA) is 48.3 Å². The minimum atomic E-state index is -0.351. The number of nitrogens with zero attached hydrogens (tertiary/aromatic N) is 1. The van der Waals surface area contributed by atoms with Crippen molar-refractivity contribution >= 4 is 17.7 Å². The molecule has 0 spiro atoms. The van der Waals surface area contributed by atoms with Gasteiger partial charge in [-0.05, 0) is 51.2 Å². The highest BCUT2D eigenvalue weighted by Gasteiger charge is 2.20. The fourth-order valence-electron chi connectivity index (χ4n) is 2.49. The molecule has 1 aromatic rings. The second-order valence-electron chi connectivity index (χ2n) is 5.05. The smallest absolute Gasteiger partial charge is 0.340 e. The summed E-state index contributed by atoms with van der Waals surface area (Å²) in [5, 5.41) is 0. The van der Waals surface area contributed by atoms with Crippen LogP contribution in [0.15, 0.2) is 10.9 Å². The largest absolute Gasteiger partial charge is 0.462 e. The highest BCUT2D eigenvalue weighted by atomic mass is 32.2. The molecular weight excluding hydrogens is 286 g/mol. The Balaban J connectivity index is 3.18. The second-order valence-corrected chi connectivity index (χ2v) is 6.44. The number of hydrogen-bond donors (Lipinski definition) is 0. The average molecular weight is 311 g/mol. The molecule has 0 saturated carbocycles. The molecule has 0 radical (unpaired) electrons. The van der Waals surface area contributed by atoms with E-state index in [1.54, 1.807) is 18.4 Å². The van der Waals surface area contributed by atoms with Gasteiger partial charge in [0, 0.05) is 17.8 Å². The second kappa shape index (κ2) is 8.27. The number of aryl methyl sites for hydroxylation is 1. The number of ether oxygens (including phenoxy) is 1. The predicted octanol–water partition coefficient (Wildman–Crippen LogP) is 3.35. The summed E-state index contributed by atoms with van der Waals surface area (Å²) in [7, 11) is 0. The molecule has 1 atom stereocenters. The van der Waals surface area contributed by atoms with Crippen molar-refractivity contribution in [3.63, 3.8) is 0 Å². The molecule has 0 aliphatic heterocycles. The first-order chi connectivity index (χ1) is 9.93. The van der Waals surface area contributed by atoms with Crippen LogP contribution in [0.5, 0.6) is 0 Å². The Morgan fingerprint density at radius 2 is 2.05 bits per heavy atom. The van der Waals surface area contributed by atoms with E-state index in [4.69, 9.17) is 4.74 Å². The fourth-order valence-corrected chi connectivity index (χ4v) is 3.28. The van der Waals surface area contributed by atoms with Gasteiger partial charge in [-0.3, -0.25) is 4.79 Å². The van der Waals surface area contributed by atoms with Gasteiger partial charge in [-0.25, -0.2) is 4.79 Å². The van der Waals surface area contributed by atoms with Crippen LogP contribution in [0.3, 0.4) is 0 Å². The molecule has 0 amide bonds. The minimum absolute atomic E-state index is 0.0490. The molecule has 0 aromatic carbocycles. The summed E-state index contributed by atoms with van der Waals surface area (Å²) in [6.45, 7) is 9.86. The molecule has 1 heterocycles. The van der Waals surface area contributed by atoms with Gasteiger partial charge in [0.1, 0.15) is 0 Å². The van der Waals surface area contributed by atoms with Crippen LogP contribution in [0.1, 0.15) is 54.8 Å². The molecule has 0 bridgehead atoms. The van der Waals surface area contributed by atoms with Crippen molar-refractivity contribution in [2.45, 2.75) is 47.1 Å². The first-order valence-electron chi connectivity index (χ1n) is 7.41. The molecule has 0 fully saturated rings. The van der Waals surface area contributed by atoms with E-state index in [2.05, 4.69) is 6.92 Å². The Labute approximate surface area is 130 Å². The van der Waals surface area contributed by atoms with E-state index < -0.39 is 0 Å². The molecule has 21 heavy (non-hydrogen) atoms. The molecule has 0 N–H and O–H groups in total. The predicted molar refractivity (Wildman–Crippen MR) is 88.5 cm³/mol. The SMILES string of the molecule is CCOC(=O)c1c(C)cc(=O)n(C(C)CCSCC)c1C. The van der Waals surface area contributed by atoms with Gasteiger partial charge in [0.2, 0.25) is 0 Å². The van der Waals surface area contributed by atoms with Gasteiger partial charge in [-0.1, -0.05) is 6.92 Å². The third-order valence-electron chi connectivity index (χ3n) is 3.50. The lowest BCUT2D eigenvalue weighted by Gasteiger charge is -2.21. The quantitative estimate of drug-likeness (QED) is 0.572. The average Bonchev–Trinajstić information content (AvgIpc) is 2.38. The number of pyridine rings is 1. The van der Waals surface area contributed by atoms with E-state index in [1.807, 2.05) is 25.6 Å². The Kier molecular flexibility index (Phi) is 7.02. The normalized spacial score (nSPS) is 12.2. The van der Waals surface area contributed by atoms with Crippen molar-refractivity contribution in [1.29, 1.82) is 0 Å². The summed E-state index contributed by atoms with van der Waals surface area (Å²) in [6.07, 6.45) is 0.907. The van der Waals surface area contributed by atoms with Crippen LogP contribution in [0, 0.1) is 13.8 Å². The molecule has 4 nitrogen and oxygen atoms in total. The lowest BCUT2D eigenvalue weighted by Crippen LogP contribution is -2.28. The number of thioether (sulfide) groups is 1. The standard InChI is InChI=1S/C16H25NO3S/c1-6-20-16(19)15-11(3)10-14(18)17(13(15)5)12(4)8-9-21-7-2/h10,12H,6-9H2,1-5H3. The minimum Gasteiger partial charge on any atom is -0.462 e. The highest BCUT2D eigenvalue weighted by molar-refractivity contribution is 7.99. The lowest BCUT2D eigenvalue weighted by atomic mass is 10.1. The molecule has 1 aromatic heterocycles. The zero-order valence-electron chi connectivity index (χ0n) is 13.6. The Morgan fingerprint density at radius 3 is 2.62 bits per heavy atom. The Bertz CT molecular complexity index is 551. The van der Waals surface area contributed by atoms with Gasteiger partial charge in [0.15, 0.2) is 0 Å². The summed E-state index contributed by atoms with van der Waals surface area (Å²) >= 11 is 1.86. The molecule has 0 aliphatic rings. The molecule has 0 saturated heterocycles. The molecule has 1 unspecified atom stereocenters. The maximum Gasteiger partial charge on any atom is 0.340 e. The molecule has 1 rings (SSSR count). The van der Waals surface area contributed by atoms with Gasteiger partial charge >= 0.3 is 5.97 Å². The first kappa shape index (κ1) is 17.8. The Morgan fingerprint density at radius 1 is 1.38 bits per heavy atom. The number of carbonyl (C=O) groups excluding carboxylic acids is 1. The first-order valence-corrected chi connectivity index (χ1v) is 8.57. The van der Waals surface area contributed by atoms with Crippen molar-refractivity contribution < 1.29 is 9.53 Å². The lowest BCUT2D eigenvalue weighted by molar-refractivity contribution is 0.0523. The van der Waals surface area contributed by atoms with Crippen molar-refractivity contribution in [3.05, 3.63) is 33.2 Å². The monoisotopic (exact) mass is 311 g/mol. The summed E-state index contributed by atoms with van der Waals surface area (Å²) < 4.78 is 6.82. The van der Waals surface area contributed by atoms with Crippen molar-refractivity contribution in [1.82, 2.24) is 4.57 Å². The van der Waals surface area contributed by atoms with Crippen LogP contribution in [0.4, 0.5) is 0 Å². The van der Waals surface area contributed by atoms with Crippen LogP contribution in [-0.4, -0.2) is 28.6 Å². The molecule has 0 aliphatic carbocycles. The zero-order valence-corrected chi connectivity index (χ0v) is 14.4. The van der Waals surface area contributed by atoms with Crippen LogP contribution in [0.25, 0.3) is 0 Å². The number of esters is 1. The van der Waals surface area contributed by atoms with Gasteiger partial charge < -0.3 is 9.30 Å². The van der Waals surface area contributed by atoms with Gasteiger partial charge in [-0.15, -0.1) is 0 Å². The van der Waals surface area contributed by atoms with Crippen LogP contribution >= 0.6 is 11.8 Å². The fraction of sp³-hybridized carbons (Fsp3) is 0.625. The summed E-state index contributed by atoms with van der Waals surface area (Å²) in [6, 6.07) is 1.60. The maximum atomic E-state index is 12.3. The number of hydrogen-bond acceptors (Lipinski definition) is 4. The van der Waals surface area contributed by atoms with E-state index in [0.717, 1.165) is 17.9 Å². The molecule has 5 heteroatoms. The van der Waals surface area contributed by atoms with Crippen LogP contribution < -0.4 is 5.56 Å². The number of carbonyl (C=O) groups is 1. The van der Waals surface area contributed by atoms with Gasteiger partial charge in [0.05, 0.1) is 12.2 Å². The number of rotatable bonds is 7. The maximum absolute atomic E-state index is 12.3.